The summed E-state index contributed by atoms with van der Waals surface area (Å²) in [6, 6.07) is 13.8. The van der Waals surface area contributed by atoms with Crippen molar-refractivity contribution in [2.24, 2.45) is 17.6 Å². The van der Waals surface area contributed by atoms with E-state index in [0.29, 0.717) is 28.9 Å². The molecule has 1 aliphatic carbocycles. The van der Waals surface area contributed by atoms with E-state index in [9.17, 15) is 35.1 Å². The molecule has 262 valence electrons. The number of phenolic OH excluding ortho intramolecular Hbond substituents is 1. The molecule has 10 unspecified atom stereocenters. The van der Waals surface area contributed by atoms with Gasteiger partial charge in [-0.1, -0.05) is 70.1 Å². The van der Waals surface area contributed by atoms with Crippen LogP contribution in [-0.2, 0) is 16.0 Å². The monoisotopic (exact) mass is 711 g/mol. The lowest BCUT2D eigenvalue weighted by Crippen LogP contribution is -2.69. The third-order valence-electron chi connectivity index (χ3n) is 9.86. The second kappa shape index (κ2) is 14.6. The number of benzene rings is 3. The van der Waals surface area contributed by atoms with Crippen LogP contribution in [0.4, 0.5) is 0 Å². The van der Waals surface area contributed by atoms with Crippen molar-refractivity contribution in [3.8, 4) is 17.2 Å². The summed E-state index contributed by atoms with van der Waals surface area (Å²) in [6.45, 7) is 1.73. The zero-order valence-electron chi connectivity index (χ0n) is 27.0. The number of aliphatic hydroxyl groups excluding tert-OH is 3. The number of hydrogen-bond acceptors (Lipinski definition) is 13. The first-order valence-corrected chi connectivity index (χ1v) is 18.5. The average Bonchev–Trinajstić information content (AvgIpc) is 3.08. The first kappa shape index (κ1) is 35.7. The average molecular weight is 712 g/mol. The molecule has 49 heavy (non-hydrogen) atoms. The van der Waals surface area contributed by atoms with E-state index in [1.807, 2.05) is 30.3 Å². The molecular formula is C36H41NO10S2. The van der Waals surface area contributed by atoms with Crippen molar-refractivity contribution in [3.05, 3.63) is 77.4 Å². The summed E-state index contributed by atoms with van der Waals surface area (Å²) >= 11 is 0. The maximum atomic E-state index is 13.7. The normalized spacial score (nSPS) is 33.5. The highest BCUT2D eigenvalue weighted by Crippen LogP contribution is 2.50. The molecule has 0 amide bonds. The Kier molecular flexibility index (Phi) is 10.6. The molecule has 1 saturated heterocycles. The molecule has 4 bridgehead atoms. The number of aromatic hydroxyl groups is 1. The molecule has 3 aromatic carbocycles. The Labute approximate surface area is 291 Å². The number of aryl methyl sites for hydroxylation is 1. The van der Waals surface area contributed by atoms with Gasteiger partial charge in [-0.3, -0.25) is 4.79 Å². The Morgan fingerprint density at radius 2 is 1.86 bits per heavy atom. The van der Waals surface area contributed by atoms with Crippen molar-refractivity contribution in [3.63, 3.8) is 0 Å². The van der Waals surface area contributed by atoms with E-state index in [1.165, 1.54) is 40.8 Å². The van der Waals surface area contributed by atoms with Gasteiger partial charge < -0.3 is 50.3 Å². The van der Waals surface area contributed by atoms with Crippen LogP contribution < -0.4 is 15.2 Å². The van der Waals surface area contributed by atoms with Crippen LogP contribution in [0.1, 0.15) is 34.3 Å². The maximum absolute atomic E-state index is 13.7. The van der Waals surface area contributed by atoms with Crippen LogP contribution in [-0.4, -0.2) is 98.1 Å². The third kappa shape index (κ3) is 6.71. The van der Waals surface area contributed by atoms with Crippen molar-refractivity contribution < 1.29 is 49.3 Å². The highest BCUT2D eigenvalue weighted by Gasteiger charge is 2.59. The number of hydrogen-bond donors (Lipinski definition) is 6. The number of phenols is 1. The van der Waals surface area contributed by atoms with E-state index in [4.69, 9.17) is 19.9 Å². The topological polar surface area (TPSA) is 189 Å². The molecule has 2 aliphatic heterocycles. The van der Waals surface area contributed by atoms with Crippen LogP contribution in [0.15, 0.2) is 60.7 Å². The summed E-state index contributed by atoms with van der Waals surface area (Å²) in [5.74, 6) is -1.34. The Morgan fingerprint density at radius 1 is 1.10 bits per heavy atom. The summed E-state index contributed by atoms with van der Waals surface area (Å²) in [7, 11) is 4.29. The molecule has 13 heteroatoms. The number of aldehydes is 1. The highest BCUT2D eigenvalue weighted by molar-refractivity contribution is 8.76. The fourth-order valence-electron chi connectivity index (χ4n) is 7.45. The Morgan fingerprint density at radius 3 is 2.57 bits per heavy atom. The number of ketones is 1. The quantitative estimate of drug-likeness (QED) is 0.129. The summed E-state index contributed by atoms with van der Waals surface area (Å²) in [4.78, 5) is 25.7. The van der Waals surface area contributed by atoms with Gasteiger partial charge in [-0.05, 0) is 41.8 Å². The minimum atomic E-state index is -2.02. The van der Waals surface area contributed by atoms with Crippen LogP contribution in [0, 0.1) is 18.8 Å². The predicted molar refractivity (Wildman–Crippen MR) is 187 cm³/mol. The Bertz CT molecular complexity index is 1720. The summed E-state index contributed by atoms with van der Waals surface area (Å²) in [6.07, 6.45) is -4.35. The second-order valence-corrected chi connectivity index (χ2v) is 15.6. The number of aliphatic hydroxyl groups is 4. The number of carbonyl (C=O) groups is 2. The molecule has 6 rings (SSSR count). The first-order chi connectivity index (χ1) is 23.5. The largest absolute Gasteiger partial charge is 0.506 e. The molecule has 0 aromatic heterocycles. The molecule has 3 aromatic rings. The van der Waals surface area contributed by atoms with Crippen LogP contribution in [0.2, 0.25) is 0 Å². The maximum Gasteiger partial charge on any atom is 0.229 e. The highest BCUT2D eigenvalue weighted by atomic mass is 33.1. The van der Waals surface area contributed by atoms with Crippen molar-refractivity contribution in [1.29, 1.82) is 0 Å². The second-order valence-electron chi connectivity index (χ2n) is 12.9. The van der Waals surface area contributed by atoms with Crippen LogP contribution >= 0.6 is 21.6 Å². The predicted octanol–water partition coefficient (Wildman–Crippen LogP) is 3.08. The molecule has 0 spiro atoms. The standard InChI is InChI=1S/C36H41NO10S2/c1-18-14-20-16-21(45-2)17-25-28(20)30(40)27(18)24(39)10-13-48-49-26(15-19-6-4-3-5-7-19)29-22(9-12-38)23(37)8-11-36(29,44)34-32(42)31(41)33(43)35(46-25)47-34/h3-8,11-12,14,16-17,22-23,26,29,31-35,40-44H,9-10,13,15,37H2,1-2H3. The number of rotatable bonds is 5. The molecule has 0 radical (unpaired) electrons. The van der Waals surface area contributed by atoms with Gasteiger partial charge >= 0.3 is 0 Å². The van der Waals surface area contributed by atoms with E-state index in [1.54, 1.807) is 25.1 Å². The van der Waals surface area contributed by atoms with E-state index in [0.717, 1.165) is 11.8 Å². The van der Waals surface area contributed by atoms with Crippen LogP contribution in [0.5, 0.6) is 17.2 Å². The zero-order chi connectivity index (χ0) is 35.0. The van der Waals surface area contributed by atoms with E-state index in [-0.39, 0.29) is 41.1 Å². The van der Waals surface area contributed by atoms with Gasteiger partial charge in [-0.2, -0.15) is 0 Å². The van der Waals surface area contributed by atoms with Gasteiger partial charge in [0.15, 0.2) is 5.78 Å². The lowest BCUT2D eigenvalue weighted by atomic mass is 9.63. The van der Waals surface area contributed by atoms with Crippen LogP contribution in [0.3, 0.4) is 0 Å². The molecule has 2 heterocycles. The number of carbonyl (C=O) groups excluding carboxylic acids is 2. The van der Waals surface area contributed by atoms with Crippen molar-refractivity contribution in [2.45, 2.75) is 73.8 Å². The molecule has 3 aliphatic rings. The third-order valence-corrected chi connectivity index (χ3v) is 12.7. The Balaban J connectivity index is 1.53. The molecule has 10 atom stereocenters. The summed E-state index contributed by atoms with van der Waals surface area (Å²) in [5.41, 5.74) is 6.18. The van der Waals surface area contributed by atoms with Gasteiger partial charge in [0, 0.05) is 41.9 Å². The van der Waals surface area contributed by atoms with E-state index in [2.05, 4.69) is 0 Å². The number of ether oxygens (including phenoxy) is 3. The van der Waals surface area contributed by atoms with E-state index < -0.39 is 59.4 Å². The van der Waals surface area contributed by atoms with Crippen molar-refractivity contribution in [2.75, 3.05) is 12.9 Å². The summed E-state index contributed by atoms with van der Waals surface area (Å²) < 4.78 is 17.9. The lowest BCUT2D eigenvalue weighted by Gasteiger charge is -2.53. The molecule has 0 saturated carbocycles. The lowest BCUT2D eigenvalue weighted by molar-refractivity contribution is -0.306. The van der Waals surface area contributed by atoms with Crippen LogP contribution in [0.25, 0.3) is 10.8 Å². The SMILES string of the molecule is COc1cc2c3c(O)c(c(C)cc3c1)C(=O)CCSSC(Cc1ccccc1)C1C(CC=O)C(N)C=CC1(O)C1OC(O2)C(O)C(O)C1O. The number of fused-ring (bicyclic) bond motifs is 5. The fraction of sp³-hybridized carbons (Fsp3) is 0.444. The smallest absolute Gasteiger partial charge is 0.229 e. The molecule has 7 N–H and O–H groups in total. The van der Waals surface area contributed by atoms with Gasteiger partial charge in [0.25, 0.3) is 0 Å². The van der Waals surface area contributed by atoms with E-state index >= 15 is 0 Å². The number of methoxy groups -OCH3 is 1. The van der Waals surface area contributed by atoms with Gasteiger partial charge in [-0.15, -0.1) is 0 Å². The Hall–Kier alpha value is -3.14. The summed E-state index contributed by atoms with van der Waals surface area (Å²) in [5, 5.41) is 58.4. The van der Waals surface area contributed by atoms with Crippen molar-refractivity contribution in [1.82, 2.24) is 0 Å². The van der Waals surface area contributed by atoms with Crippen molar-refractivity contribution >= 4 is 44.4 Å². The minimum absolute atomic E-state index is 0.00357. The van der Waals surface area contributed by atoms with Gasteiger partial charge in [-0.25, -0.2) is 0 Å². The van der Waals surface area contributed by atoms with Gasteiger partial charge in [0.1, 0.15) is 53.6 Å². The first-order valence-electron chi connectivity index (χ1n) is 16.2. The van der Waals surface area contributed by atoms with Gasteiger partial charge in [0.2, 0.25) is 6.29 Å². The number of Topliss-reactive ketones (excluding diaryl/α,β-unsaturated/α-hetero) is 1. The minimum Gasteiger partial charge on any atom is -0.506 e. The molecule has 1 fully saturated rings. The van der Waals surface area contributed by atoms with Gasteiger partial charge in [0.05, 0.1) is 18.1 Å². The number of nitrogens with two attached hydrogens (primary N) is 1. The fourth-order valence-corrected chi connectivity index (χ4v) is 10.4. The molecule has 11 nitrogen and oxygen atoms in total. The zero-order valence-corrected chi connectivity index (χ0v) is 28.7. The molecular weight excluding hydrogens is 671 g/mol.